The van der Waals surface area contributed by atoms with Gasteiger partial charge in [0.1, 0.15) is 18.1 Å². The summed E-state index contributed by atoms with van der Waals surface area (Å²) in [5.74, 6) is 1.36. The molecule has 0 fully saturated rings. The zero-order chi connectivity index (χ0) is 14.6. The largest absolute Gasteiger partial charge is 0.508 e. The minimum atomic E-state index is -0.700. The molecule has 3 rings (SSSR count). The third kappa shape index (κ3) is 3.87. The fourth-order valence-electron chi connectivity index (χ4n) is 2.27. The van der Waals surface area contributed by atoms with Crippen LogP contribution in [0.3, 0.4) is 0 Å². The van der Waals surface area contributed by atoms with Crippen LogP contribution in [0.2, 0.25) is 0 Å². The van der Waals surface area contributed by atoms with Crippen molar-refractivity contribution in [3.8, 4) is 5.75 Å². The van der Waals surface area contributed by atoms with Crippen LogP contribution in [0.1, 0.15) is 32.3 Å². The third-order valence-corrected chi connectivity index (χ3v) is 3.44. The Morgan fingerprint density at radius 1 is 1.15 bits per heavy atom. The molecule has 3 nitrogen and oxygen atoms in total. The van der Waals surface area contributed by atoms with Crippen molar-refractivity contribution in [1.82, 2.24) is 0 Å². The lowest BCUT2D eigenvalue weighted by Crippen LogP contribution is -2.38. The van der Waals surface area contributed by atoms with Crippen LogP contribution in [0.5, 0.6) is 5.75 Å². The van der Waals surface area contributed by atoms with Gasteiger partial charge in [0, 0.05) is 6.42 Å². The highest BCUT2D eigenvalue weighted by atomic mass is 16.5. The average molecular weight is 274 g/mol. The van der Waals surface area contributed by atoms with E-state index in [0.29, 0.717) is 18.8 Å². The first-order chi connectivity index (χ1) is 9.48. The van der Waals surface area contributed by atoms with Crippen molar-refractivity contribution < 1.29 is 14.9 Å². The van der Waals surface area contributed by atoms with Crippen molar-refractivity contribution in [1.29, 1.82) is 0 Å². The van der Waals surface area contributed by atoms with Gasteiger partial charge in [-0.1, -0.05) is 24.3 Å². The predicted octanol–water partition coefficient (Wildman–Crippen LogP) is 3.54. The first-order valence-electron chi connectivity index (χ1n) is 6.97. The maximum atomic E-state index is 9.70. The number of rotatable bonds is 0. The first-order valence-corrected chi connectivity index (χ1v) is 6.97. The minimum absolute atomic E-state index is 0.393. The lowest BCUT2D eigenvalue weighted by molar-refractivity contribution is -0.000608. The normalized spacial score (nSPS) is 24.4. The van der Waals surface area contributed by atoms with Crippen LogP contribution in [0, 0.1) is 0 Å². The Kier molecular flexibility index (Phi) is 4.50. The number of ether oxygens (including phenoxy) is 1. The molecule has 0 bridgehead atoms. The summed E-state index contributed by atoms with van der Waals surface area (Å²) in [4.78, 5) is 0. The summed E-state index contributed by atoms with van der Waals surface area (Å²) in [7, 11) is 0. The van der Waals surface area contributed by atoms with E-state index in [9.17, 15) is 5.11 Å². The van der Waals surface area contributed by atoms with E-state index in [1.54, 1.807) is 6.92 Å². The fraction of sp³-hybridized carbons (Fsp3) is 0.412. The van der Waals surface area contributed by atoms with E-state index >= 15 is 0 Å². The number of fused-ring (bicyclic) bond motifs is 1. The van der Waals surface area contributed by atoms with Gasteiger partial charge >= 0.3 is 0 Å². The van der Waals surface area contributed by atoms with Crippen LogP contribution in [-0.2, 0) is 6.42 Å². The second-order valence-corrected chi connectivity index (χ2v) is 5.62. The van der Waals surface area contributed by atoms with Crippen molar-refractivity contribution in [2.75, 3.05) is 6.61 Å². The van der Waals surface area contributed by atoms with Crippen LogP contribution >= 0.6 is 0 Å². The summed E-state index contributed by atoms with van der Waals surface area (Å²) in [5, 5.41) is 18.7. The molecule has 1 aromatic carbocycles. The minimum Gasteiger partial charge on any atom is -0.508 e. The number of aliphatic hydroxyl groups is 2. The number of benzene rings is 1. The number of hydrogen-bond donors (Lipinski definition) is 2. The maximum Gasteiger partial charge on any atom is 0.122 e. The standard InChI is InChI=1S/C10H12O2.C7H10O/c1-10(11)6-8-4-2-3-5-9(8)12-7-10;1-6-4-2-3-5-7(6)8/h2-5,11H,6-7H2,1H3;4-5,8H,2-3H2,1H3/t10-;/m1./s1. The number of hydrogen-bond acceptors (Lipinski definition) is 3. The van der Waals surface area contributed by atoms with E-state index in [-0.39, 0.29) is 0 Å². The third-order valence-electron chi connectivity index (χ3n) is 3.44. The summed E-state index contributed by atoms with van der Waals surface area (Å²) in [6, 6.07) is 7.83. The first kappa shape index (κ1) is 14.7. The molecule has 2 aliphatic rings. The quantitative estimate of drug-likeness (QED) is 0.760. The molecule has 0 aromatic heterocycles. The van der Waals surface area contributed by atoms with Gasteiger partial charge < -0.3 is 14.9 Å². The van der Waals surface area contributed by atoms with Crippen molar-refractivity contribution in [2.24, 2.45) is 0 Å². The molecule has 108 valence electrons. The van der Waals surface area contributed by atoms with Crippen LogP contribution in [0.25, 0.3) is 0 Å². The molecule has 1 heterocycles. The molecular weight excluding hydrogens is 252 g/mol. The van der Waals surface area contributed by atoms with Gasteiger partial charge in [-0.25, -0.2) is 0 Å². The second-order valence-electron chi connectivity index (χ2n) is 5.62. The molecular formula is C17H22O3. The van der Waals surface area contributed by atoms with Crippen LogP contribution < -0.4 is 4.74 Å². The Morgan fingerprint density at radius 3 is 2.50 bits per heavy atom. The Hall–Kier alpha value is -1.74. The molecule has 0 saturated heterocycles. The lowest BCUT2D eigenvalue weighted by Gasteiger charge is -2.29. The summed E-state index contributed by atoms with van der Waals surface area (Å²) in [5.41, 5.74) is 1.40. The number of allylic oxidation sites excluding steroid dienone is 3. The van der Waals surface area contributed by atoms with E-state index in [4.69, 9.17) is 9.84 Å². The van der Waals surface area contributed by atoms with Gasteiger partial charge in [-0.3, -0.25) is 0 Å². The fourth-order valence-corrected chi connectivity index (χ4v) is 2.27. The summed E-state index contributed by atoms with van der Waals surface area (Å²) in [6.07, 6.45) is 6.66. The summed E-state index contributed by atoms with van der Waals surface area (Å²) >= 11 is 0. The van der Waals surface area contributed by atoms with Gasteiger partial charge in [0.05, 0.1) is 5.60 Å². The van der Waals surface area contributed by atoms with Crippen molar-refractivity contribution >= 4 is 0 Å². The van der Waals surface area contributed by atoms with E-state index in [2.05, 4.69) is 6.08 Å². The molecule has 1 aliphatic carbocycles. The molecule has 2 N–H and O–H groups in total. The molecule has 3 heteroatoms. The highest BCUT2D eigenvalue weighted by Gasteiger charge is 2.27. The summed E-state index contributed by atoms with van der Waals surface area (Å²) in [6.45, 7) is 4.11. The molecule has 1 aromatic rings. The summed E-state index contributed by atoms with van der Waals surface area (Å²) < 4.78 is 5.39. The van der Waals surface area contributed by atoms with Crippen molar-refractivity contribution in [3.63, 3.8) is 0 Å². The zero-order valence-corrected chi connectivity index (χ0v) is 12.1. The van der Waals surface area contributed by atoms with E-state index < -0.39 is 5.60 Å². The monoisotopic (exact) mass is 274 g/mol. The smallest absolute Gasteiger partial charge is 0.122 e. The second kappa shape index (κ2) is 6.14. The average Bonchev–Trinajstić information content (AvgIpc) is 2.42. The highest BCUT2D eigenvalue weighted by molar-refractivity contribution is 5.36. The molecule has 0 unspecified atom stereocenters. The van der Waals surface area contributed by atoms with Crippen LogP contribution in [0.4, 0.5) is 0 Å². The Bertz CT molecular complexity index is 509. The maximum absolute atomic E-state index is 9.70. The van der Waals surface area contributed by atoms with Gasteiger partial charge in [0.2, 0.25) is 0 Å². The Balaban J connectivity index is 0.000000160. The molecule has 1 atom stereocenters. The van der Waals surface area contributed by atoms with E-state index in [1.807, 2.05) is 37.3 Å². The topological polar surface area (TPSA) is 49.7 Å². The van der Waals surface area contributed by atoms with Gasteiger partial charge in [-0.15, -0.1) is 0 Å². The number of aliphatic hydroxyl groups excluding tert-OH is 1. The molecule has 0 saturated carbocycles. The molecule has 20 heavy (non-hydrogen) atoms. The van der Waals surface area contributed by atoms with Gasteiger partial charge in [-0.05, 0) is 50.0 Å². The van der Waals surface area contributed by atoms with Gasteiger partial charge in [0.15, 0.2) is 0 Å². The lowest BCUT2D eigenvalue weighted by atomic mass is 9.94. The van der Waals surface area contributed by atoms with Crippen LogP contribution in [0.15, 0.2) is 47.7 Å². The predicted molar refractivity (Wildman–Crippen MR) is 80.0 cm³/mol. The number of para-hydroxylation sites is 1. The van der Waals surface area contributed by atoms with Gasteiger partial charge in [0.25, 0.3) is 0 Å². The van der Waals surface area contributed by atoms with E-state index in [1.165, 1.54) is 0 Å². The SMILES string of the molecule is CC1=CCCC=C1O.C[C@]1(O)COc2ccccc2C1. The molecule has 0 radical (unpaired) electrons. The highest BCUT2D eigenvalue weighted by Crippen LogP contribution is 2.28. The van der Waals surface area contributed by atoms with Crippen LogP contribution in [-0.4, -0.2) is 22.4 Å². The molecule has 1 aliphatic heterocycles. The molecule has 0 amide bonds. The zero-order valence-electron chi connectivity index (χ0n) is 12.1. The van der Waals surface area contributed by atoms with Gasteiger partial charge in [-0.2, -0.15) is 0 Å². The van der Waals surface area contributed by atoms with E-state index in [0.717, 1.165) is 29.7 Å². The Labute approximate surface area is 120 Å². The van der Waals surface area contributed by atoms with Crippen molar-refractivity contribution in [3.05, 3.63) is 53.3 Å². The van der Waals surface area contributed by atoms with Crippen molar-refractivity contribution in [2.45, 2.75) is 38.7 Å². The molecule has 0 spiro atoms. The Morgan fingerprint density at radius 2 is 1.85 bits per heavy atom.